The lowest BCUT2D eigenvalue weighted by Crippen LogP contribution is -2.39. The number of benzene rings is 1. The third-order valence-electron chi connectivity index (χ3n) is 2.56. The highest BCUT2D eigenvalue weighted by atomic mass is 35.5. The number of amides is 2. The summed E-state index contributed by atoms with van der Waals surface area (Å²) in [5.74, 6) is -0.0135. The molecule has 6 heteroatoms. The molecular weight excluding hydrogens is 280 g/mol. The van der Waals surface area contributed by atoms with Crippen molar-refractivity contribution < 1.29 is 14.3 Å². The molecular formula is C14H19ClN2O3. The molecule has 0 radical (unpaired) electrons. The van der Waals surface area contributed by atoms with Gasteiger partial charge in [0.15, 0.2) is 0 Å². The van der Waals surface area contributed by atoms with Crippen LogP contribution in [0.15, 0.2) is 30.3 Å². The Kier molecular flexibility index (Phi) is 7.50. The fraction of sp³-hybridized carbons (Fsp3) is 0.429. The molecule has 0 saturated heterocycles. The molecule has 0 spiro atoms. The SMILES string of the molecule is CCOC(=O)CC(NC(=O)NCCCl)c1ccccc1. The van der Waals surface area contributed by atoms with Gasteiger partial charge in [0.25, 0.3) is 0 Å². The van der Waals surface area contributed by atoms with Gasteiger partial charge in [-0.15, -0.1) is 11.6 Å². The minimum Gasteiger partial charge on any atom is -0.466 e. The highest BCUT2D eigenvalue weighted by molar-refractivity contribution is 6.18. The Labute approximate surface area is 123 Å². The Bertz CT molecular complexity index is 426. The molecule has 0 bridgehead atoms. The van der Waals surface area contributed by atoms with Crippen LogP contribution in [0.1, 0.15) is 24.9 Å². The summed E-state index contributed by atoms with van der Waals surface area (Å²) >= 11 is 5.51. The maximum absolute atomic E-state index is 11.7. The Morgan fingerprint density at radius 1 is 1.30 bits per heavy atom. The van der Waals surface area contributed by atoms with Crippen LogP contribution in [-0.4, -0.2) is 31.0 Å². The zero-order valence-corrected chi connectivity index (χ0v) is 12.2. The highest BCUT2D eigenvalue weighted by Gasteiger charge is 2.18. The molecule has 110 valence electrons. The molecule has 1 aromatic carbocycles. The van der Waals surface area contributed by atoms with Gasteiger partial charge in [0.05, 0.1) is 19.1 Å². The van der Waals surface area contributed by atoms with Crippen molar-refractivity contribution in [2.75, 3.05) is 19.0 Å². The lowest BCUT2D eigenvalue weighted by atomic mass is 10.0. The zero-order valence-electron chi connectivity index (χ0n) is 11.4. The van der Waals surface area contributed by atoms with Crippen LogP contribution in [0, 0.1) is 0 Å². The summed E-state index contributed by atoms with van der Waals surface area (Å²) in [6.45, 7) is 2.43. The molecule has 2 amide bonds. The third kappa shape index (κ3) is 5.93. The van der Waals surface area contributed by atoms with Gasteiger partial charge in [0.1, 0.15) is 0 Å². The van der Waals surface area contributed by atoms with E-state index in [-0.39, 0.29) is 18.4 Å². The maximum Gasteiger partial charge on any atom is 0.315 e. The van der Waals surface area contributed by atoms with Crippen LogP contribution >= 0.6 is 11.6 Å². The first-order valence-corrected chi connectivity index (χ1v) is 7.01. The molecule has 20 heavy (non-hydrogen) atoms. The molecule has 5 nitrogen and oxygen atoms in total. The lowest BCUT2D eigenvalue weighted by Gasteiger charge is -2.18. The van der Waals surface area contributed by atoms with Gasteiger partial charge >= 0.3 is 12.0 Å². The molecule has 1 aromatic rings. The summed E-state index contributed by atoms with van der Waals surface area (Å²) < 4.78 is 4.92. The second-order valence-electron chi connectivity index (χ2n) is 4.06. The third-order valence-corrected chi connectivity index (χ3v) is 2.75. The fourth-order valence-corrected chi connectivity index (χ4v) is 1.79. The van der Waals surface area contributed by atoms with Crippen molar-refractivity contribution in [2.45, 2.75) is 19.4 Å². The van der Waals surface area contributed by atoms with Gasteiger partial charge in [-0.2, -0.15) is 0 Å². The maximum atomic E-state index is 11.7. The van der Waals surface area contributed by atoms with Gasteiger partial charge in [-0.1, -0.05) is 30.3 Å². The summed E-state index contributed by atoms with van der Waals surface area (Å²) in [5, 5.41) is 5.35. The lowest BCUT2D eigenvalue weighted by molar-refractivity contribution is -0.143. The second kappa shape index (κ2) is 9.20. The average molecular weight is 299 g/mol. The van der Waals surface area contributed by atoms with Crippen molar-refractivity contribution in [3.05, 3.63) is 35.9 Å². The number of alkyl halides is 1. The van der Waals surface area contributed by atoms with Crippen molar-refractivity contribution in [1.82, 2.24) is 10.6 Å². The Hall–Kier alpha value is -1.75. The molecule has 2 N–H and O–H groups in total. The van der Waals surface area contributed by atoms with Gasteiger partial charge < -0.3 is 15.4 Å². The molecule has 0 aliphatic rings. The number of nitrogens with one attached hydrogen (secondary N) is 2. The van der Waals surface area contributed by atoms with E-state index in [2.05, 4.69) is 10.6 Å². The van der Waals surface area contributed by atoms with Gasteiger partial charge in [-0.25, -0.2) is 4.79 Å². The Balaban J connectivity index is 2.69. The molecule has 0 fully saturated rings. The molecule has 1 unspecified atom stereocenters. The van der Waals surface area contributed by atoms with Gasteiger partial charge in [0.2, 0.25) is 0 Å². The number of ether oxygens (including phenoxy) is 1. The standard InChI is InChI=1S/C14H19ClN2O3/c1-2-20-13(18)10-12(11-6-4-3-5-7-11)17-14(19)16-9-8-15/h3-7,12H,2,8-10H2,1H3,(H2,16,17,19). The molecule has 1 rings (SSSR count). The van der Waals surface area contributed by atoms with Crippen LogP contribution < -0.4 is 10.6 Å². The predicted molar refractivity (Wildman–Crippen MR) is 77.7 cm³/mol. The number of urea groups is 1. The van der Waals surface area contributed by atoms with E-state index in [9.17, 15) is 9.59 Å². The van der Waals surface area contributed by atoms with Gasteiger partial charge in [-0.3, -0.25) is 4.79 Å². The van der Waals surface area contributed by atoms with E-state index in [1.807, 2.05) is 30.3 Å². The van der Waals surface area contributed by atoms with Crippen LogP contribution in [-0.2, 0) is 9.53 Å². The minimum absolute atomic E-state index is 0.0894. The average Bonchev–Trinajstić information content (AvgIpc) is 2.45. The number of rotatable bonds is 7. The van der Waals surface area contributed by atoms with Crippen LogP contribution in [0.5, 0.6) is 0 Å². The van der Waals surface area contributed by atoms with Crippen molar-refractivity contribution in [2.24, 2.45) is 0 Å². The van der Waals surface area contributed by atoms with E-state index >= 15 is 0 Å². The molecule has 0 aliphatic heterocycles. The van der Waals surface area contributed by atoms with Crippen LogP contribution in [0.3, 0.4) is 0 Å². The van der Waals surface area contributed by atoms with Crippen molar-refractivity contribution in [1.29, 1.82) is 0 Å². The van der Waals surface area contributed by atoms with Gasteiger partial charge in [0, 0.05) is 12.4 Å². The van der Waals surface area contributed by atoms with E-state index in [0.717, 1.165) is 5.56 Å². The molecule has 0 aromatic heterocycles. The number of hydrogen-bond donors (Lipinski definition) is 2. The summed E-state index contributed by atoms with van der Waals surface area (Å²) in [7, 11) is 0. The Morgan fingerprint density at radius 3 is 2.60 bits per heavy atom. The minimum atomic E-state index is -0.425. The fourth-order valence-electron chi connectivity index (χ4n) is 1.69. The zero-order chi connectivity index (χ0) is 14.8. The first-order chi connectivity index (χ1) is 9.67. The topological polar surface area (TPSA) is 67.4 Å². The van der Waals surface area contributed by atoms with Gasteiger partial charge in [-0.05, 0) is 12.5 Å². The summed E-state index contributed by atoms with van der Waals surface area (Å²) in [5.41, 5.74) is 0.849. The van der Waals surface area contributed by atoms with E-state index in [0.29, 0.717) is 19.0 Å². The largest absolute Gasteiger partial charge is 0.466 e. The Morgan fingerprint density at radius 2 is 2.00 bits per heavy atom. The predicted octanol–water partition coefficient (Wildman–Crippen LogP) is 2.22. The van der Waals surface area contributed by atoms with E-state index in [1.54, 1.807) is 6.92 Å². The quantitative estimate of drug-likeness (QED) is 0.599. The smallest absolute Gasteiger partial charge is 0.315 e. The monoisotopic (exact) mass is 298 g/mol. The van der Waals surface area contributed by atoms with E-state index in [4.69, 9.17) is 16.3 Å². The molecule has 0 heterocycles. The first kappa shape index (κ1) is 16.3. The van der Waals surface area contributed by atoms with Crippen LogP contribution in [0.25, 0.3) is 0 Å². The van der Waals surface area contributed by atoms with E-state index < -0.39 is 6.04 Å². The molecule has 1 atom stereocenters. The number of carbonyl (C=O) groups excluding carboxylic acids is 2. The highest BCUT2D eigenvalue weighted by Crippen LogP contribution is 2.17. The summed E-state index contributed by atoms with van der Waals surface area (Å²) in [6, 6.07) is 8.50. The molecule has 0 aliphatic carbocycles. The number of halogens is 1. The normalized spacial score (nSPS) is 11.5. The van der Waals surface area contributed by atoms with Crippen molar-refractivity contribution in [3.63, 3.8) is 0 Å². The van der Waals surface area contributed by atoms with Crippen molar-refractivity contribution >= 4 is 23.6 Å². The first-order valence-electron chi connectivity index (χ1n) is 6.48. The number of carbonyl (C=O) groups is 2. The summed E-state index contributed by atoms with van der Waals surface area (Å²) in [4.78, 5) is 23.3. The van der Waals surface area contributed by atoms with Crippen LogP contribution in [0.2, 0.25) is 0 Å². The van der Waals surface area contributed by atoms with Crippen molar-refractivity contribution in [3.8, 4) is 0 Å². The number of esters is 1. The summed E-state index contributed by atoms with van der Waals surface area (Å²) in [6.07, 6.45) is 0.0894. The second-order valence-corrected chi connectivity index (χ2v) is 4.44. The number of hydrogen-bond acceptors (Lipinski definition) is 3. The molecule has 0 saturated carbocycles. The van der Waals surface area contributed by atoms with Crippen LogP contribution in [0.4, 0.5) is 4.79 Å². The van der Waals surface area contributed by atoms with E-state index in [1.165, 1.54) is 0 Å².